The maximum absolute atomic E-state index is 13.3. The summed E-state index contributed by atoms with van der Waals surface area (Å²) in [4.78, 5) is 0. The van der Waals surface area contributed by atoms with Gasteiger partial charge in [0.1, 0.15) is 5.82 Å². The molecule has 1 heterocycles. The SMILES string of the molecule is CS(=O)(=O)N1CCCC(CC(N)c2cc(F)ccc2Br)C1. The van der Waals surface area contributed by atoms with Crippen molar-refractivity contribution in [3.8, 4) is 0 Å². The van der Waals surface area contributed by atoms with E-state index >= 15 is 0 Å². The second-order valence-corrected chi connectivity index (χ2v) is 8.47. The first-order valence-electron chi connectivity index (χ1n) is 6.93. The predicted molar refractivity (Wildman–Crippen MR) is 84.8 cm³/mol. The highest BCUT2D eigenvalue weighted by Gasteiger charge is 2.27. The summed E-state index contributed by atoms with van der Waals surface area (Å²) < 4.78 is 38.9. The number of piperidine rings is 1. The van der Waals surface area contributed by atoms with E-state index in [1.54, 1.807) is 6.07 Å². The van der Waals surface area contributed by atoms with E-state index in [4.69, 9.17) is 5.73 Å². The standard InChI is InChI=1S/C14H20BrFN2O2S/c1-21(19,20)18-6-2-3-10(9-18)7-14(17)12-8-11(16)4-5-13(12)15/h4-5,8,10,14H,2-3,6-7,9,17H2,1H3. The van der Waals surface area contributed by atoms with E-state index < -0.39 is 10.0 Å². The summed E-state index contributed by atoms with van der Waals surface area (Å²) in [6.07, 6.45) is 3.67. The Morgan fingerprint density at radius 3 is 2.90 bits per heavy atom. The molecular formula is C14H20BrFN2O2S. The molecule has 21 heavy (non-hydrogen) atoms. The lowest BCUT2D eigenvalue weighted by atomic mass is 9.90. The lowest BCUT2D eigenvalue weighted by Crippen LogP contribution is -2.40. The summed E-state index contributed by atoms with van der Waals surface area (Å²) in [5.74, 6) is -0.108. The van der Waals surface area contributed by atoms with Gasteiger partial charge in [0.2, 0.25) is 10.0 Å². The number of hydrogen-bond acceptors (Lipinski definition) is 3. The van der Waals surface area contributed by atoms with Crippen LogP contribution in [0.1, 0.15) is 30.9 Å². The fourth-order valence-corrected chi connectivity index (χ4v) is 4.29. The number of nitrogens with two attached hydrogens (primary N) is 1. The molecule has 7 heteroatoms. The zero-order valence-corrected chi connectivity index (χ0v) is 14.3. The van der Waals surface area contributed by atoms with Gasteiger partial charge >= 0.3 is 0 Å². The molecule has 0 radical (unpaired) electrons. The van der Waals surface area contributed by atoms with Crippen LogP contribution in [0.2, 0.25) is 0 Å². The Labute approximate surface area is 133 Å². The minimum absolute atomic E-state index is 0.207. The lowest BCUT2D eigenvalue weighted by Gasteiger charge is -2.32. The van der Waals surface area contributed by atoms with Gasteiger partial charge in [-0.15, -0.1) is 0 Å². The first-order chi connectivity index (χ1) is 9.77. The van der Waals surface area contributed by atoms with Crippen LogP contribution in [-0.4, -0.2) is 32.1 Å². The second kappa shape index (κ2) is 6.73. The Morgan fingerprint density at radius 2 is 2.24 bits per heavy atom. The van der Waals surface area contributed by atoms with E-state index in [2.05, 4.69) is 15.9 Å². The second-order valence-electron chi connectivity index (χ2n) is 5.64. The average molecular weight is 379 g/mol. The number of sulfonamides is 1. The Morgan fingerprint density at radius 1 is 1.52 bits per heavy atom. The Balaban J connectivity index is 2.05. The Kier molecular flexibility index (Phi) is 5.40. The van der Waals surface area contributed by atoms with Gasteiger partial charge in [0.25, 0.3) is 0 Å². The number of hydrogen-bond donors (Lipinski definition) is 1. The first kappa shape index (κ1) is 16.9. The molecule has 1 aromatic carbocycles. The maximum atomic E-state index is 13.3. The van der Waals surface area contributed by atoms with Crippen LogP contribution in [0.25, 0.3) is 0 Å². The van der Waals surface area contributed by atoms with Crippen molar-refractivity contribution in [2.24, 2.45) is 11.7 Å². The van der Waals surface area contributed by atoms with Crippen molar-refractivity contribution >= 4 is 26.0 Å². The van der Waals surface area contributed by atoms with Gasteiger partial charge in [0.15, 0.2) is 0 Å². The molecule has 1 aromatic rings. The molecule has 0 bridgehead atoms. The van der Waals surface area contributed by atoms with Crippen LogP contribution in [0.4, 0.5) is 4.39 Å². The normalized spacial score (nSPS) is 22.2. The largest absolute Gasteiger partial charge is 0.324 e. The van der Waals surface area contributed by atoms with Crippen LogP contribution in [0.5, 0.6) is 0 Å². The molecule has 0 amide bonds. The third-order valence-corrected chi connectivity index (χ3v) is 5.89. The summed E-state index contributed by atoms with van der Waals surface area (Å²) in [5, 5.41) is 0. The maximum Gasteiger partial charge on any atom is 0.211 e. The van der Waals surface area contributed by atoms with Crippen LogP contribution in [0.3, 0.4) is 0 Å². The molecule has 2 rings (SSSR count). The van der Waals surface area contributed by atoms with Gasteiger partial charge in [-0.2, -0.15) is 0 Å². The van der Waals surface area contributed by atoms with Crippen LogP contribution < -0.4 is 5.73 Å². The van der Waals surface area contributed by atoms with E-state index in [-0.39, 0.29) is 17.8 Å². The van der Waals surface area contributed by atoms with Crippen molar-refractivity contribution in [2.75, 3.05) is 19.3 Å². The smallest absolute Gasteiger partial charge is 0.211 e. The van der Waals surface area contributed by atoms with Gasteiger partial charge in [0.05, 0.1) is 6.26 Å². The van der Waals surface area contributed by atoms with E-state index in [1.165, 1.54) is 22.7 Å². The van der Waals surface area contributed by atoms with Crippen molar-refractivity contribution in [1.29, 1.82) is 0 Å². The molecule has 118 valence electrons. The number of benzene rings is 1. The molecule has 0 saturated carbocycles. The average Bonchev–Trinajstić information content (AvgIpc) is 2.41. The summed E-state index contributed by atoms with van der Waals surface area (Å²) in [7, 11) is -3.15. The third-order valence-electron chi connectivity index (χ3n) is 3.90. The summed E-state index contributed by atoms with van der Waals surface area (Å²) in [6, 6.07) is 4.16. The van der Waals surface area contributed by atoms with E-state index in [1.807, 2.05) is 0 Å². The molecule has 1 saturated heterocycles. The van der Waals surface area contributed by atoms with Crippen molar-refractivity contribution in [1.82, 2.24) is 4.31 Å². The molecule has 0 spiro atoms. The molecule has 1 aliphatic heterocycles. The fourth-order valence-electron chi connectivity index (χ4n) is 2.81. The molecule has 2 N–H and O–H groups in total. The van der Waals surface area contributed by atoms with Gasteiger partial charge in [-0.05, 0) is 48.9 Å². The van der Waals surface area contributed by atoms with Gasteiger partial charge < -0.3 is 5.73 Å². The fraction of sp³-hybridized carbons (Fsp3) is 0.571. The minimum atomic E-state index is -3.15. The van der Waals surface area contributed by atoms with E-state index in [0.717, 1.165) is 22.9 Å². The molecule has 1 aliphatic rings. The van der Waals surface area contributed by atoms with Crippen molar-refractivity contribution in [3.63, 3.8) is 0 Å². The van der Waals surface area contributed by atoms with Crippen LogP contribution in [0, 0.1) is 11.7 Å². The van der Waals surface area contributed by atoms with Crippen molar-refractivity contribution in [3.05, 3.63) is 34.1 Å². The van der Waals surface area contributed by atoms with Crippen LogP contribution >= 0.6 is 15.9 Å². The van der Waals surface area contributed by atoms with Gasteiger partial charge in [-0.3, -0.25) is 0 Å². The van der Waals surface area contributed by atoms with E-state index in [0.29, 0.717) is 19.5 Å². The summed E-state index contributed by atoms with van der Waals surface area (Å²) >= 11 is 3.39. The Hall–Kier alpha value is -0.500. The Bertz CT molecular complexity index is 609. The summed E-state index contributed by atoms with van der Waals surface area (Å²) in [6.45, 7) is 1.08. The highest BCUT2D eigenvalue weighted by molar-refractivity contribution is 9.10. The number of rotatable bonds is 4. The van der Waals surface area contributed by atoms with Crippen LogP contribution in [0.15, 0.2) is 22.7 Å². The number of nitrogens with zero attached hydrogens (tertiary/aromatic N) is 1. The predicted octanol–water partition coefficient (Wildman–Crippen LogP) is 2.65. The molecule has 4 nitrogen and oxygen atoms in total. The third kappa shape index (κ3) is 4.48. The van der Waals surface area contributed by atoms with Crippen molar-refractivity contribution in [2.45, 2.75) is 25.3 Å². The van der Waals surface area contributed by atoms with Gasteiger partial charge in [0, 0.05) is 23.6 Å². The van der Waals surface area contributed by atoms with Gasteiger partial charge in [-0.1, -0.05) is 15.9 Å². The highest BCUT2D eigenvalue weighted by Crippen LogP contribution is 2.30. The highest BCUT2D eigenvalue weighted by atomic mass is 79.9. The molecule has 0 aromatic heterocycles. The zero-order valence-electron chi connectivity index (χ0n) is 11.9. The number of halogens is 2. The molecule has 0 aliphatic carbocycles. The topological polar surface area (TPSA) is 63.4 Å². The zero-order chi connectivity index (χ0) is 15.6. The molecule has 2 atom stereocenters. The quantitative estimate of drug-likeness (QED) is 0.875. The first-order valence-corrected chi connectivity index (χ1v) is 9.57. The monoisotopic (exact) mass is 378 g/mol. The lowest BCUT2D eigenvalue weighted by molar-refractivity contribution is 0.247. The van der Waals surface area contributed by atoms with E-state index in [9.17, 15) is 12.8 Å². The minimum Gasteiger partial charge on any atom is -0.324 e. The molecule has 1 fully saturated rings. The van der Waals surface area contributed by atoms with Crippen molar-refractivity contribution < 1.29 is 12.8 Å². The summed E-state index contributed by atoms with van der Waals surface area (Å²) in [5.41, 5.74) is 6.91. The van der Waals surface area contributed by atoms with Gasteiger partial charge in [-0.25, -0.2) is 17.1 Å². The molecular weight excluding hydrogens is 359 g/mol. The molecule has 2 unspecified atom stereocenters. The van der Waals surface area contributed by atoms with Crippen LogP contribution in [-0.2, 0) is 10.0 Å².